The molecule has 0 aliphatic carbocycles. The number of thiophene rings is 4. The molecule has 0 bridgehead atoms. The van der Waals surface area contributed by atoms with Gasteiger partial charge in [-0.05, 0) is 58.4 Å². The van der Waals surface area contributed by atoms with Gasteiger partial charge < -0.3 is 0 Å². The first-order valence-electron chi connectivity index (χ1n) is 11.4. The van der Waals surface area contributed by atoms with Crippen LogP contribution in [0, 0.1) is 6.92 Å². The zero-order valence-corrected chi connectivity index (χ0v) is 25.4. The van der Waals surface area contributed by atoms with E-state index in [9.17, 15) is 0 Å². The summed E-state index contributed by atoms with van der Waals surface area (Å²) in [5, 5.41) is 6.52. The van der Waals surface area contributed by atoms with Gasteiger partial charge in [0.15, 0.2) is 0 Å². The average molecular weight is 563 g/mol. The van der Waals surface area contributed by atoms with E-state index in [1.54, 1.807) is 25.6 Å². The van der Waals surface area contributed by atoms with Crippen molar-refractivity contribution in [1.29, 1.82) is 0 Å². The van der Waals surface area contributed by atoms with Crippen molar-refractivity contribution < 1.29 is 0 Å². The molecule has 2 aliphatic rings. The minimum atomic E-state index is -0.347. The van der Waals surface area contributed by atoms with E-state index in [0.717, 1.165) is 17.5 Å². The van der Waals surface area contributed by atoms with Crippen molar-refractivity contribution in [2.24, 2.45) is 0 Å². The van der Waals surface area contributed by atoms with Crippen molar-refractivity contribution in [3.05, 3.63) is 46.2 Å². The molecule has 0 N–H and O–H groups in total. The molecule has 0 unspecified atom stereocenters. The van der Waals surface area contributed by atoms with Gasteiger partial charge in [-0.1, -0.05) is 19.1 Å². The van der Waals surface area contributed by atoms with Crippen LogP contribution in [0.15, 0.2) is 36.4 Å². The van der Waals surface area contributed by atoms with Crippen molar-refractivity contribution in [3.8, 4) is 40.4 Å². The Morgan fingerprint density at radius 1 is 0.676 bits per heavy atom. The van der Waals surface area contributed by atoms with Crippen molar-refractivity contribution >= 4 is 108 Å². The molecule has 0 radical (unpaired) electrons. The Labute approximate surface area is 221 Å². The summed E-state index contributed by atoms with van der Waals surface area (Å²) in [5.74, 6) is 0. The molecule has 0 saturated carbocycles. The third kappa shape index (κ3) is 2.86. The highest BCUT2D eigenvalue weighted by atomic mass is 32.1. The van der Waals surface area contributed by atoms with E-state index in [1.807, 2.05) is 45.3 Å². The van der Waals surface area contributed by atoms with Crippen LogP contribution in [0.2, 0.25) is 0 Å². The number of benzene rings is 1. The molecule has 0 spiro atoms. The van der Waals surface area contributed by atoms with E-state index in [0.29, 0.717) is 0 Å². The number of fused-ring (bicyclic) bond motifs is 7. The smallest absolute Gasteiger partial charge is 0.114 e. The summed E-state index contributed by atoms with van der Waals surface area (Å²) in [6.45, 7) is 4.50. The lowest BCUT2D eigenvalue weighted by atomic mass is 10.1. The molecule has 8 rings (SSSR count). The second kappa shape index (κ2) is 7.39. The van der Waals surface area contributed by atoms with Crippen LogP contribution in [-0.2, 0) is 6.42 Å². The Balaban J connectivity index is 1.22. The Kier molecular flexibility index (Phi) is 4.45. The van der Waals surface area contributed by atoms with Crippen LogP contribution in [0.1, 0.15) is 16.7 Å². The number of hydrogen-bond donors (Lipinski definition) is 0. The maximum Gasteiger partial charge on any atom is 0.114 e. The molecule has 1 aromatic carbocycles. The molecular formula is C25H18N2S5Si2. The summed E-state index contributed by atoms with van der Waals surface area (Å²) in [6.07, 6.45) is 1.15. The quantitative estimate of drug-likeness (QED) is 0.300. The normalized spacial score (nSPS) is 14.9. The number of aromatic nitrogens is 2. The molecule has 34 heavy (non-hydrogen) atoms. The highest BCUT2D eigenvalue weighted by molar-refractivity contribution is 7.28. The van der Waals surface area contributed by atoms with Crippen LogP contribution in [-0.4, -0.2) is 27.8 Å². The molecular weight excluding hydrogens is 545 g/mol. The molecule has 9 heteroatoms. The summed E-state index contributed by atoms with van der Waals surface area (Å²) < 4.78 is 9.59. The molecule has 0 amide bonds. The predicted molar refractivity (Wildman–Crippen MR) is 160 cm³/mol. The van der Waals surface area contributed by atoms with Crippen LogP contribution >= 0.6 is 57.1 Å². The zero-order valence-electron chi connectivity index (χ0n) is 18.5. The van der Waals surface area contributed by atoms with Gasteiger partial charge in [0.05, 0.1) is 30.8 Å². The molecule has 0 atom stereocenters. The van der Waals surface area contributed by atoms with Gasteiger partial charge in [0.1, 0.15) is 11.0 Å². The first-order chi connectivity index (χ1) is 16.7. The predicted octanol–water partition coefficient (Wildman–Crippen LogP) is 4.34. The van der Waals surface area contributed by atoms with E-state index in [-0.39, 0.29) is 19.0 Å². The number of nitrogens with zero attached hydrogens (tertiary/aromatic N) is 2. The Morgan fingerprint density at radius 3 is 1.82 bits per heavy atom. The maximum absolute atomic E-state index is 4.79. The van der Waals surface area contributed by atoms with Crippen molar-refractivity contribution in [1.82, 2.24) is 8.75 Å². The molecule has 2 aliphatic heterocycles. The van der Waals surface area contributed by atoms with Gasteiger partial charge in [-0.15, -0.1) is 45.3 Å². The van der Waals surface area contributed by atoms with Gasteiger partial charge in [0, 0.05) is 50.1 Å². The number of hydrogen-bond acceptors (Lipinski definition) is 7. The highest BCUT2D eigenvalue weighted by Gasteiger charge is 2.28. The van der Waals surface area contributed by atoms with E-state index >= 15 is 0 Å². The second-order valence-electron chi connectivity index (χ2n) is 9.04. The van der Waals surface area contributed by atoms with Crippen LogP contribution in [0.3, 0.4) is 0 Å². The van der Waals surface area contributed by atoms with Gasteiger partial charge in [-0.2, -0.15) is 8.75 Å². The number of rotatable bonds is 3. The first-order valence-corrected chi connectivity index (χ1v) is 18.2. The molecule has 5 aromatic heterocycles. The Morgan fingerprint density at radius 2 is 1.21 bits per heavy atom. The molecule has 0 fully saturated rings. The van der Waals surface area contributed by atoms with Crippen LogP contribution in [0.5, 0.6) is 0 Å². The lowest BCUT2D eigenvalue weighted by Gasteiger charge is -2.04. The van der Waals surface area contributed by atoms with Crippen molar-refractivity contribution in [2.45, 2.75) is 20.3 Å². The highest BCUT2D eigenvalue weighted by Crippen LogP contribution is 2.44. The van der Waals surface area contributed by atoms with Gasteiger partial charge in [0.25, 0.3) is 0 Å². The molecule has 6 aromatic rings. The van der Waals surface area contributed by atoms with Gasteiger partial charge >= 0.3 is 0 Å². The van der Waals surface area contributed by atoms with E-state index in [1.165, 1.54) is 57.0 Å². The van der Waals surface area contributed by atoms with Crippen LogP contribution < -0.4 is 20.7 Å². The summed E-state index contributed by atoms with van der Waals surface area (Å²) in [4.78, 5) is 11.8. The average Bonchev–Trinajstić information content (AvgIpc) is 3.62. The molecule has 0 saturated heterocycles. The Bertz CT molecular complexity index is 1780. The van der Waals surface area contributed by atoms with Gasteiger partial charge in [-0.3, -0.25) is 0 Å². The fourth-order valence-corrected chi connectivity index (χ4v) is 16.9. The fraction of sp³-hybridized carbons (Fsp3) is 0.120. The summed E-state index contributed by atoms with van der Waals surface area (Å²) in [7, 11) is -0.687. The van der Waals surface area contributed by atoms with Crippen LogP contribution in [0.25, 0.3) is 51.4 Å². The van der Waals surface area contributed by atoms with E-state index < -0.39 is 0 Å². The van der Waals surface area contributed by atoms with Gasteiger partial charge in [0.2, 0.25) is 0 Å². The zero-order chi connectivity index (χ0) is 22.6. The van der Waals surface area contributed by atoms with Crippen molar-refractivity contribution in [3.63, 3.8) is 0 Å². The molecule has 2 nitrogen and oxygen atoms in total. The standard InChI is InChI=1S/C25H18N2S5Si2/c1-3-11-7-17-23(29-11)25-19(34-17)9-15(31-25)13-5-4-12(20-21(13)27-32-26-20)14-8-18-24(30-14)22-16(33-18)6-10(2)28-22/h4-9H,3,33-34H2,1-2H3. The SMILES string of the molecule is CCc1cc2c(s1)-c1sc(-c3ccc(-c4cc5c(s4)-c4sc(C)cc4[SiH2]5)c4nsnc34)cc1[SiH2]2. The van der Waals surface area contributed by atoms with Gasteiger partial charge in [-0.25, -0.2) is 0 Å². The largest absolute Gasteiger partial charge is 0.172 e. The molecule has 166 valence electrons. The van der Waals surface area contributed by atoms with E-state index in [2.05, 4.69) is 50.2 Å². The third-order valence-corrected chi connectivity index (χ3v) is 17.4. The summed E-state index contributed by atoms with van der Waals surface area (Å²) in [5.41, 5.74) is 4.65. The minimum Gasteiger partial charge on any atom is -0.172 e. The summed E-state index contributed by atoms with van der Waals surface area (Å²) >= 11 is 9.25. The second-order valence-corrected chi connectivity index (χ2v) is 17.8. The lowest BCUT2D eigenvalue weighted by Crippen LogP contribution is -2.18. The Hall–Kier alpha value is -1.73. The van der Waals surface area contributed by atoms with Crippen LogP contribution in [0.4, 0.5) is 0 Å². The topological polar surface area (TPSA) is 25.8 Å². The fourth-order valence-electron chi connectivity index (χ4n) is 5.32. The van der Waals surface area contributed by atoms with E-state index in [4.69, 9.17) is 8.75 Å². The number of aryl methyl sites for hydroxylation is 2. The lowest BCUT2D eigenvalue weighted by molar-refractivity contribution is 1.19. The van der Waals surface area contributed by atoms with Crippen molar-refractivity contribution in [2.75, 3.05) is 0 Å². The molecule has 7 heterocycles. The first kappa shape index (κ1) is 20.5. The summed E-state index contributed by atoms with van der Waals surface area (Å²) in [6, 6.07) is 14.4. The maximum atomic E-state index is 4.79. The third-order valence-electron chi connectivity index (χ3n) is 6.88. The monoisotopic (exact) mass is 562 g/mol. The minimum absolute atomic E-state index is 0.340.